The van der Waals surface area contributed by atoms with E-state index in [1.807, 2.05) is 70.2 Å². The van der Waals surface area contributed by atoms with Crippen molar-refractivity contribution < 1.29 is 4.79 Å². The molecular weight excluding hydrogens is 393 g/mol. The van der Waals surface area contributed by atoms with Crippen LogP contribution < -0.4 is 5.32 Å². The molecule has 146 valence electrons. The van der Waals surface area contributed by atoms with Crippen molar-refractivity contribution in [2.75, 3.05) is 5.32 Å². The van der Waals surface area contributed by atoms with E-state index in [0.717, 1.165) is 28.2 Å². The highest BCUT2D eigenvalue weighted by atomic mass is 35.5. The number of hydrogen-bond donors (Lipinski definition) is 1. The lowest BCUT2D eigenvalue weighted by atomic mass is 10.1. The van der Waals surface area contributed by atoms with Gasteiger partial charge in [-0.15, -0.1) is 0 Å². The van der Waals surface area contributed by atoms with Crippen LogP contribution in [0.1, 0.15) is 25.0 Å². The number of nitrogens with one attached hydrogen (secondary N) is 1. The predicted molar refractivity (Wildman–Crippen MR) is 116 cm³/mol. The van der Waals surface area contributed by atoms with Gasteiger partial charge in [-0.1, -0.05) is 55.2 Å². The Labute approximate surface area is 175 Å². The number of amides is 1. The first kappa shape index (κ1) is 20.6. The van der Waals surface area contributed by atoms with Crippen molar-refractivity contribution in [3.8, 4) is 0 Å². The summed E-state index contributed by atoms with van der Waals surface area (Å²) in [6.45, 7) is 8.01. The molecule has 0 bridgehead atoms. The van der Waals surface area contributed by atoms with Crippen LogP contribution in [0, 0.1) is 31.1 Å². The number of azo groups is 1. The number of carbonyl (C=O) groups excluding carboxylic acids is 1. The van der Waals surface area contributed by atoms with Gasteiger partial charge in [-0.2, -0.15) is 10.2 Å². The lowest BCUT2D eigenvalue weighted by Gasteiger charge is -2.09. The minimum atomic E-state index is -0.158. The molecule has 28 heavy (non-hydrogen) atoms. The normalized spacial score (nSPS) is 20.1. The quantitative estimate of drug-likeness (QED) is 0.513. The van der Waals surface area contributed by atoms with Gasteiger partial charge in [0.1, 0.15) is 4.49 Å². The van der Waals surface area contributed by atoms with Crippen LogP contribution in [0.2, 0.25) is 0 Å². The Balaban J connectivity index is 1.71. The third kappa shape index (κ3) is 4.45. The lowest BCUT2D eigenvalue weighted by Crippen LogP contribution is -2.17. The number of anilines is 1. The first-order valence-corrected chi connectivity index (χ1v) is 9.87. The second-order valence-electron chi connectivity index (χ2n) is 7.76. The topological polar surface area (TPSA) is 53.8 Å². The number of benzene rings is 2. The Kier molecular flexibility index (Phi) is 5.92. The van der Waals surface area contributed by atoms with Crippen molar-refractivity contribution in [2.24, 2.45) is 27.5 Å². The number of halogens is 2. The average molecular weight is 416 g/mol. The molecule has 0 saturated heterocycles. The van der Waals surface area contributed by atoms with Crippen molar-refractivity contribution in [2.45, 2.75) is 27.7 Å². The Morgan fingerprint density at radius 1 is 1.07 bits per heavy atom. The molecule has 1 N–H and O–H groups in total. The monoisotopic (exact) mass is 415 g/mol. The maximum absolute atomic E-state index is 12.7. The molecule has 4 nitrogen and oxygen atoms in total. The third-order valence-electron chi connectivity index (χ3n) is 5.36. The van der Waals surface area contributed by atoms with E-state index in [1.54, 1.807) is 6.08 Å². The van der Waals surface area contributed by atoms with Gasteiger partial charge in [-0.25, -0.2) is 0 Å². The van der Waals surface area contributed by atoms with Gasteiger partial charge >= 0.3 is 0 Å². The summed E-state index contributed by atoms with van der Waals surface area (Å²) in [6.07, 6.45) is 1.75. The van der Waals surface area contributed by atoms with E-state index in [2.05, 4.69) is 15.5 Å². The summed E-state index contributed by atoms with van der Waals surface area (Å²) in [4.78, 5) is 12.7. The smallest absolute Gasteiger partial charge is 0.228 e. The number of carbonyl (C=O) groups is 1. The van der Waals surface area contributed by atoms with E-state index in [-0.39, 0.29) is 27.6 Å². The fourth-order valence-corrected chi connectivity index (χ4v) is 3.74. The second-order valence-corrected chi connectivity index (χ2v) is 8.76. The van der Waals surface area contributed by atoms with E-state index >= 15 is 0 Å². The van der Waals surface area contributed by atoms with E-state index in [1.165, 1.54) is 0 Å². The van der Waals surface area contributed by atoms with E-state index in [0.29, 0.717) is 0 Å². The molecule has 0 unspecified atom stereocenters. The number of aryl methyl sites for hydroxylation is 2. The van der Waals surface area contributed by atoms with Gasteiger partial charge in [-0.05, 0) is 66.6 Å². The van der Waals surface area contributed by atoms with Crippen molar-refractivity contribution in [3.05, 3.63) is 64.2 Å². The lowest BCUT2D eigenvalue weighted by molar-refractivity contribution is -0.118. The number of hydrogen-bond acceptors (Lipinski definition) is 3. The Morgan fingerprint density at radius 2 is 1.79 bits per heavy atom. The minimum Gasteiger partial charge on any atom is -0.326 e. The SMILES string of the molecule is Cc1ccccc1N=Nc1ccc(NC(=O)[C@H]2[C@@H](C=C(Cl)Cl)C2(C)C)c(C)c1. The zero-order valence-corrected chi connectivity index (χ0v) is 17.8. The van der Waals surface area contributed by atoms with Gasteiger partial charge < -0.3 is 5.32 Å². The summed E-state index contributed by atoms with van der Waals surface area (Å²) in [6, 6.07) is 13.4. The van der Waals surface area contributed by atoms with Crippen molar-refractivity contribution >= 4 is 46.2 Å². The van der Waals surface area contributed by atoms with Gasteiger partial charge in [0.05, 0.1) is 17.3 Å². The van der Waals surface area contributed by atoms with Crippen LogP contribution in [0.25, 0.3) is 0 Å². The molecule has 6 heteroatoms. The van der Waals surface area contributed by atoms with Gasteiger partial charge in [0.2, 0.25) is 5.91 Å². The maximum atomic E-state index is 12.7. The molecule has 3 rings (SSSR count). The standard InChI is InChI=1S/C22H23Cl2N3O/c1-13-7-5-6-8-18(13)27-26-15-9-10-17(14(2)11-15)25-21(28)20-16(12-19(23)24)22(20,3)4/h5-12,16,20H,1-4H3,(H,25,28)/t16-,20-/m1/s1. The van der Waals surface area contributed by atoms with Gasteiger partial charge in [-0.3, -0.25) is 4.79 Å². The van der Waals surface area contributed by atoms with E-state index < -0.39 is 0 Å². The van der Waals surface area contributed by atoms with Crippen molar-refractivity contribution in [1.82, 2.24) is 0 Å². The Hall–Kier alpha value is -2.17. The zero-order chi connectivity index (χ0) is 20.5. The summed E-state index contributed by atoms with van der Waals surface area (Å²) >= 11 is 11.5. The highest BCUT2D eigenvalue weighted by molar-refractivity contribution is 6.55. The molecule has 0 radical (unpaired) electrons. The summed E-state index contributed by atoms with van der Waals surface area (Å²) < 4.78 is 0.202. The van der Waals surface area contributed by atoms with Crippen LogP contribution in [0.3, 0.4) is 0 Å². The van der Waals surface area contributed by atoms with Crippen LogP contribution in [0.15, 0.2) is 63.3 Å². The average Bonchev–Trinajstić information content (AvgIpc) is 3.15. The minimum absolute atomic E-state index is 0.0294. The van der Waals surface area contributed by atoms with E-state index in [4.69, 9.17) is 23.2 Å². The van der Waals surface area contributed by atoms with Crippen molar-refractivity contribution in [3.63, 3.8) is 0 Å². The summed E-state index contributed by atoms with van der Waals surface area (Å²) in [7, 11) is 0. The molecule has 1 aliphatic carbocycles. The van der Waals surface area contributed by atoms with Crippen LogP contribution in [-0.4, -0.2) is 5.91 Å². The molecule has 2 aromatic rings. The number of allylic oxidation sites excluding steroid dienone is 1. The van der Waals surface area contributed by atoms with Gasteiger partial charge in [0.15, 0.2) is 0 Å². The molecule has 0 heterocycles. The van der Waals surface area contributed by atoms with E-state index in [9.17, 15) is 4.79 Å². The fraction of sp³-hybridized carbons (Fsp3) is 0.318. The Bertz CT molecular complexity index is 962. The first-order valence-electron chi connectivity index (χ1n) is 9.12. The molecule has 1 aliphatic rings. The highest BCUT2D eigenvalue weighted by Gasteiger charge is 2.60. The summed E-state index contributed by atoms with van der Waals surface area (Å²) in [5.41, 5.74) is 4.18. The number of rotatable bonds is 5. The third-order valence-corrected chi connectivity index (χ3v) is 5.61. The second kappa shape index (κ2) is 8.06. The summed E-state index contributed by atoms with van der Waals surface area (Å²) in [5, 5.41) is 11.6. The van der Waals surface area contributed by atoms with Gasteiger partial charge in [0.25, 0.3) is 0 Å². The van der Waals surface area contributed by atoms with Crippen LogP contribution in [-0.2, 0) is 4.79 Å². The number of nitrogens with zero attached hydrogens (tertiary/aromatic N) is 2. The van der Waals surface area contributed by atoms with Crippen LogP contribution >= 0.6 is 23.2 Å². The van der Waals surface area contributed by atoms with Gasteiger partial charge in [0, 0.05) is 5.69 Å². The fourth-order valence-electron chi connectivity index (χ4n) is 3.47. The summed E-state index contributed by atoms with van der Waals surface area (Å²) in [5.74, 6) is -0.141. The van der Waals surface area contributed by atoms with Crippen LogP contribution in [0.4, 0.5) is 17.1 Å². The molecule has 1 amide bonds. The molecular formula is C22H23Cl2N3O. The molecule has 1 saturated carbocycles. The maximum Gasteiger partial charge on any atom is 0.228 e. The predicted octanol–water partition coefficient (Wildman–Crippen LogP) is 7.25. The molecule has 0 spiro atoms. The zero-order valence-electron chi connectivity index (χ0n) is 16.3. The Morgan fingerprint density at radius 3 is 2.43 bits per heavy atom. The molecule has 1 fully saturated rings. The molecule has 0 aliphatic heterocycles. The molecule has 2 aromatic carbocycles. The first-order chi connectivity index (χ1) is 13.2. The molecule has 2 atom stereocenters. The highest BCUT2D eigenvalue weighted by Crippen LogP contribution is 2.60. The largest absolute Gasteiger partial charge is 0.326 e. The van der Waals surface area contributed by atoms with Crippen LogP contribution in [0.5, 0.6) is 0 Å². The van der Waals surface area contributed by atoms with Crippen molar-refractivity contribution in [1.29, 1.82) is 0 Å². The molecule has 0 aromatic heterocycles.